The van der Waals surface area contributed by atoms with E-state index in [4.69, 9.17) is 4.74 Å². The van der Waals surface area contributed by atoms with Crippen molar-refractivity contribution in [3.63, 3.8) is 0 Å². The molecule has 2 rings (SSSR count). The zero-order valence-corrected chi connectivity index (χ0v) is 15.6. The Labute approximate surface area is 148 Å². The molecule has 0 aliphatic rings. The van der Waals surface area contributed by atoms with Crippen LogP contribution in [0.2, 0.25) is 0 Å². The Hall–Kier alpha value is -2.08. The Kier molecular flexibility index (Phi) is 7.06. The molecular formula is C18H26N4OS. The van der Waals surface area contributed by atoms with E-state index >= 15 is 0 Å². The molecular weight excluding hydrogens is 320 g/mol. The Morgan fingerprint density at radius 2 is 2.17 bits per heavy atom. The van der Waals surface area contributed by atoms with E-state index in [9.17, 15) is 0 Å². The molecule has 0 aliphatic heterocycles. The lowest BCUT2D eigenvalue weighted by Crippen LogP contribution is -2.42. The Bertz CT molecular complexity index is 669. The molecule has 1 heterocycles. The molecule has 1 unspecified atom stereocenters. The van der Waals surface area contributed by atoms with Crippen LogP contribution in [0.4, 0.5) is 0 Å². The van der Waals surface area contributed by atoms with Crippen molar-refractivity contribution in [3.8, 4) is 5.75 Å². The highest BCUT2D eigenvalue weighted by Crippen LogP contribution is 2.14. The molecule has 0 bridgehead atoms. The first kappa shape index (κ1) is 18.3. The molecule has 5 nitrogen and oxygen atoms in total. The number of aryl methyl sites for hydroxylation is 2. The fourth-order valence-electron chi connectivity index (χ4n) is 2.23. The summed E-state index contributed by atoms with van der Waals surface area (Å²) in [6, 6.07) is 8.09. The Morgan fingerprint density at radius 1 is 1.33 bits per heavy atom. The number of guanidine groups is 1. The molecule has 1 atom stereocenters. The first-order valence-corrected chi connectivity index (χ1v) is 8.97. The van der Waals surface area contributed by atoms with Crippen LogP contribution in [-0.2, 0) is 6.42 Å². The van der Waals surface area contributed by atoms with Crippen LogP contribution >= 0.6 is 11.3 Å². The maximum atomic E-state index is 5.91. The lowest BCUT2D eigenvalue weighted by atomic mass is 10.2. The van der Waals surface area contributed by atoms with Gasteiger partial charge in [-0.25, -0.2) is 4.98 Å². The van der Waals surface area contributed by atoms with Crippen molar-refractivity contribution in [2.45, 2.75) is 33.3 Å². The third-order valence-electron chi connectivity index (χ3n) is 3.41. The van der Waals surface area contributed by atoms with E-state index in [1.54, 1.807) is 18.4 Å². The first-order valence-electron chi connectivity index (χ1n) is 8.16. The van der Waals surface area contributed by atoms with E-state index in [-0.39, 0.29) is 6.10 Å². The molecule has 0 fully saturated rings. The molecule has 0 saturated heterocycles. The lowest BCUT2D eigenvalue weighted by molar-refractivity contribution is 0.223. The average Bonchev–Trinajstić information content (AvgIpc) is 2.96. The van der Waals surface area contributed by atoms with Gasteiger partial charge in [0.05, 0.1) is 11.6 Å². The third-order valence-corrected chi connectivity index (χ3v) is 4.38. The van der Waals surface area contributed by atoms with Gasteiger partial charge in [-0.3, -0.25) is 4.99 Å². The summed E-state index contributed by atoms with van der Waals surface area (Å²) in [4.78, 5) is 9.85. The zero-order valence-electron chi connectivity index (χ0n) is 14.8. The van der Waals surface area contributed by atoms with E-state index in [2.05, 4.69) is 40.5 Å². The summed E-state index contributed by atoms with van der Waals surface area (Å²) in [5.41, 5.74) is 1.20. The maximum Gasteiger partial charge on any atom is 0.191 e. The molecule has 2 N–H and O–H groups in total. The van der Waals surface area contributed by atoms with Gasteiger partial charge in [-0.15, -0.1) is 11.3 Å². The van der Waals surface area contributed by atoms with E-state index in [1.165, 1.54) is 10.4 Å². The number of hydrogen-bond acceptors (Lipinski definition) is 4. The van der Waals surface area contributed by atoms with Crippen LogP contribution in [0.3, 0.4) is 0 Å². The van der Waals surface area contributed by atoms with Crippen molar-refractivity contribution in [1.82, 2.24) is 15.6 Å². The molecule has 130 valence electrons. The van der Waals surface area contributed by atoms with Gasteiger partial charge in [0.15, 0.2) is 5.96 Å². The third kappa shape index (κ3) is 6.20. The highest BCUT2D eigenvalue weighted by molar-refractivity contribution is 7.11. The van der Waals surface area contributed by atoms with E-state index in [0.717, 1.165) is 29.7 Å². The van der Waals surface area contributed by atoms with Crippen molar-refractivity contribution in [2.24, 2.45) is 4.99 Å². The van der Waals surface area contributed by atoms with Crippen molar-refractivity contribution >= 4 is 17.3 Å². The highest BCUT2D eigenvalue weighted by atomic mass is 32.1. The quantitative estimate of drug-likeness (QED) is 0.598. The summed E-state index contributed by atoms with van der Waals surface area (Å²) in [5.74, 6) is 1.68. The number of aliphatic imine (C=N–C) groups is 1. The summed E-state index contributed by atoms with van der Waals surface area (Å²) in [5, 5.41) is 7.74. The van der Waals surface area contributed by atoms with Crippen LogP contribution in [0.25, 0.3) is 0 Å². The highest BCUT2D eigenvalue weighted by Gasteiger charge is 2.06. The van der Waals surface area contributed by atoms with Crippen LogP contribution in [0.5, 0.6) is 5.75 Å². The summed E-state index contributed by atoms with van der Waals surface area (Å²) >= 11 is 1.74. The summed E-state index contributed by atoms with van der Waals surface area (Å²) < 4.78 is 5.91. The minimum atomic E-state index is 0.0481. The van der Waals surface area contributed by atoms with E-state index < -0.39 is 0 Å². The first-order chi connectivity index (χ1) is 11.6. The molecule has 6 heteroatoms. The van der Waals surface area contributed by atoms with Crippen LogP contribution in [-0.4, -0.2) is 37.2 Å². The predicted molar refractivity (Wildman–Crippen MR) is 101 cm³/mol. The second-order valence-corrected chi connectivity index (χ2v) is 7.06. The molecule has 0 saturated carbocycles. The maximum absolute atomic E-state index is 5.91. The summed E-state index contributed by atoms with van der Waals surface area (Å²) in [6.45, 7) is 7.67. The largest absolute Gasteiger partial charge is 0.489 e. The topological polar surface area (TPSA) is 58.5 Å². The van der Waals surface area contributed by atoms with Crippen LogP contribution in [0.15, 0.2) is 35.5 Å². The fraction of sp³-hybridized carbons (Fsp3) is 0.444. The smallest absolute Gasteiger partial charge is 0.191 e. The molecule has 0 aliphatic carbocycles. The number of ether oxygens (including phenoxy) is 1. The van der Waals surface area contributed by atoms with Crippen LogP contribution < -0.4 is 15.4 Å². The summed E-state index contributed by atoms with van der Waals surface area (Å²) in [6.07, 6.45) is 2.86. The number of nitrogens with one attached hydrogen (secondary N) is 2. The van der Waals surface area contributed by atoms with Gasteiger partial charge in [0.25, 0.3) is 0 Å². The minimum Gasteiger partial charge on any atom is -0.489 e. The standard InChI is InChI=1S/C18H26N4OS/c1-13-6-5-7-16(10-13)23-14(2)11-22-18(19-4)20-9-8-17-21-12-15(3)24-17/h5-7,10,12,14H,8-9,11H2,1-4H3,(H2,19,20,22). The number of benzene rings is 1. The molecule has 0 amide bonds. The average molecular weight is 347 g/mol. The van der Waals surface area contributed by atoms with E-state index in [1.807, 2.05) is 31.3 Å². The monoisotopic (exact) mass is 346 g/mol. The lowest BCUT2D eigenvalue weighted by Gasteiger charge is -2.18. The molecule has 1 aromatic carbocycles. The Morgan fingerprint density at radius 3 is 2.83 bits per heavy atom. The number of nitrogens with zero attached hydrogens (tertiary/aromatic N) is 2. The molecule has 24 heavy (non-hydrogen) atoms. The van der Waals surface area contributed by atoms with Crippen molar-refractivity contribution in [1.29, 1.82) is 0 Å². The van der Waals surface area contributed by atoms with Gasteiger partial charge in [0.1, 0.15) is 11.9 Å². The predicted octanol–water partition coefficient (Wildman–Crippen LogP) is 2.93. The number of thiazole rings is 1. The SMILES string of the molecule is CN=C(NCCc1ncc(C)s1)NCC(C)Oc1cccc(C)c1. The van der Waals surface area contributed by atoms with Crippen LogP contribution in [0.1, 0.15) is 22.4 Å². The van der Waals surface area contributed by atoms with E-state index in [0.29, 0.717) is 6.54 Å². The fourth-order valence-corrected chi connectivity index (χ4v) is 3.02. The van der Waals surface area contributed by atoms with Crippen LogP contribution in [0, 0.1) is 13.8 Å². The molecule has 1 aromatic heterocycles. The van der Waals surface area contributed by atoms with Gasteiger partial charge in [-0.2, -0.15) is 0 Å². The van der Waals surface area contributed by atoms with Gasteiger partial charge in [-0.05, 0) is 38.5 Å². The normalized spacial score (nSPS) is 12.8. The molecule has 0 radical (unpaired) electrons. The van der Waals surface area contributed by atoms with Crippen molar-refractivity contribution in [3.05, 3.63) is 45.9 Å². The molecule has 2 aromatic rings. The van der Waals surface area contributed by atoms with Gasteiger partial charge < -0.3 is 15.4 Å². The Balaban J connectivity index is 1.70. The van der Waals surface area contributed by atoms with Gasteiger partial charge in [0.2, 0.25) is 0 Å². The minimum absolute atomic E-state index is 0.0481. The summed E-state index contributed by atoms with van der Waals surface area (Å²) in [7, 11) is 1.77. The van der Waals surface area contributed by atoms with Gasteiger partial charge >= 0.3 is 0 Å². The molecule has 0 spiro atoms. The second kappa shape index (κ2) is 9.27. The second-order valence-electron chi connectivity index (χ2n) is 5.74. The zero-order chi connectivity index (χ0) is 17.4. The van der Waals surface area contributed by atoms with Crippen molar-refractivity contribution in [2.75, 3.05) is 20.1 Å². The van der Waals surface area contributed by atoms with Gasteiger partial charge in [-0.1, -0.05) is 12.1 Å². The number of aromatic nitrogens is 1. The number of hydrogen-bond donors (Lipinski definition) is 2. The van der Waals surface area contributed by atoms with Crippen molar-refractivity contribution < 1.29 is 4.74 Å². The van der Waals surface area contributed by atoms with Gasteiger partial charge in [0, 0.05) is 31.1 Å². The number of rotatable bonds is 7.